The minimum Gasteiger partial charge on any atom is -0.381 e. The Morgan fingerprint density at radius 3 is 2.40 bits per heavy atom. The first-order valence-electron chi connectivity index (χ1n) is 6.03. The Balaban J connectivity index is 2.89. The molecule has 0 unspecified atom stereocenters. The van der Waals surface area contributed by atoms with E-state index in [2.05, 4.69) is 11.9 Å². The molecule has 0 saturated carbocycles. The average molecular weight is 213 g/mol. The van der Waals surface area contributed by atoms with Gasteiger partial charge in [0, 0.05) is 13.2 Å². The maximum Gasteiger partial charge on any atom is 0.234 e. The van der Waals surface area contributed by atoms with Crippen LogP contribution in [0, 0.1) is 0 Å². The van der Waals surface area contributed by atoms with E-state index in [1.165, 1.54) is 38.2 Å². The summed E-state index contributed by atoms with van der Waals surface area (Å²) in [5.41, 5.74) is 0. The fourth-order valence-electron chi connectivity index (χ4n) is 1.38. The molecular weight excluding hydrogens is 190 g/mol. The fourth-order valence-corrected chi connectivity index (χ4v) is 1.38. The highest BCUT2D eigenvalue weighted by Crippen LogP contribution is 2.04. The molecule has 0 aliphatic carbocycles. The fraction of sp³-hybridized carbons (Fsp3) is 0.917. The number of isocyanates is 1. The molecular formula is C12H23NO2. The zero-order valence-corrected chi connectivity index (χ0v) is 9.83. The van der Waals surface area contributed by atoms with Crippen molar-refractivity contribution in [2.45, 2.75) is 51.9 Å². The SMILES string of the molecule is CCCCCCCCOCCCN=C=O. The Morgan fingerprint density at radius 1 is 1.00 bits per heavy atom. The summed E-state index contributed by atoms with van der Waals surface area (Å²) in [6.45, 7) is 4.32. The number of rotatable bonds is 11. The zero-order chi connectivity index (χ0) is 11.2. The van der Waals surface area contributed by atoms with Crippen molar-refractivity contribution < 1.29 is 9.53 Å². The second kappa shape index (κ2) is 13.3. The third-order valence-electron chi connectivity index (χ3n) is 2.27. The first kappa shape index (κ1) is 14.3. The van der Waals surface area contributed by atoms with Gasteiger partial charge in [-0.05, 0) is 12.8 Å². The van der Waals surface area contributed by atoms with Crippen LogP contribution in [0.15, 0.2) is 4.99 Å². The second-order valence-electron chi connectivity index (χ2n) is 3.71. The highest BCUT2D eigenvalue weighted by molar-refractivity contribution is 5.32. The van der Waals surface area contributed by atoms with Gasteiger partial charge in [-0.25, -0.2) is 9.79 Å². The van der Waals surface area contributed by atoms with Crippen LogP contribution in [0.2, 0.25) is 0 Å². The molecule has 0 spiro atoms. The first-order valence-corrected chi connectivity index (χ1v) is 6.03. The predicted octanol–water partition coefficient (Wildman–Crippen LogP) is 3.09. The molecule has 0 aliphatic rings. The van der Waals surface area contributed by atoms with E-state index in [1.54, 1.807) is 0 Å². The van der Waals surface area contributed by atoms with Crippen molar-refractivity contribution in [3.05, 3.63) is 0 Å². The highest BCUT2D eigenvalue weighted by Gasteiger charge is 1.91. The number of hydrogen-bond acceptors (Lipinski definition) is 3. The number of hydrogen-bond donors (Lipinski definition) is 0. The molecule has 0 radical (unpaired) electrons. The minimum atomic E-state index is 0.542. The van der Waals surface area contributed by atoms with Gasteiger partial charge in [0.1, 0.15) is 0 Å². The summed E-state index contributed by atoms with van der Waals surface area (Å²) in [6, 6.07) is 0. The summed E-state index contributed by atoms with van der Waals surface area (Å²) in [5.74, 6) is 0. The van der Waals surface area contributed by atoms with Gasteiger partial charge in [0.25, 0.3) is 0 Å². The molecule has 0 rings (SSSR count). The quantitative estimate of drug-likeness (QED) is 0.300. The van der Waals surface area contributed by atoms with Crippen LogP contribution in [-0.4, -0.2) is 25.8 Å². The first-order chi connectivity index (χ1) is 7.41. The Hall–Kier alpha value is -0.660. The molecule has 0 aromatic carbocycles. The van der Waals surface area contributed by atoms with Crippen molar-refractivity contribution >= 4 is 6.08 Å². The van der Waals surface area contributed by atoms with E-state index < -0.39 is 0 Å². The van der Waals surface area contributed by atoms with Crippen molar-refractivity contribution in [1.29, 1.82) is 0 Å². The van der Waals surface area contributed by atoms with Crippen LogP contribution in [0.3, 0.4) is 0 Å². The lowest BCUT2D eigenvalue weighted by Crippen LogP contribution is -1.98. The van der Waals surface area contributed by atoms with E-state index in [0.717, 1.165) is 19.4 Å². The molecule has 0 N–H and O–H groups in total. The van der Waals surface area contributed by atoms with Crippen molar-refractivity contribution in [2.24, 2.45) is 4.99 Å². The summed E-state index contributed by atoms with van der Waals surface area (Å²) in [7, 11) is 0. The molecule has 0 aliphatic heterocycles. The van der Waals surface area contributed by atoms with Crippen LogP contribution in [0.4, 0.5) is 0 Å². The molecule has 0 heterocycles. The summed E-state index contributed by atoms with van der Waals surface area (Å²) in [6.07, 6.45) is 10.1. The molecule has 0 atom stereocenters. The molecule has 0 aromatic rings. The Labute approximate surface area is 92.9 Å². The van der Waals surface area contributed by atoms with Crippen LogP contribution in [-0.2, 0) is 9.53 Å². The van der Waals surface area contributed by atoms with E-state index in [9.17, 15) is 4.79 Å². The Kier molecular flexibility index (Phi) is 12.8. The van der Waals surface area contributed by atoms with E-state index >= 15 is 0 Å². The minimum absolute atomic E-state index is 0.542. The van der Waals surface area contributed by atoms with Gasteiger partial charge in [-0.1, -0.05) is 39.0 Å². The van der Waals surface area contributed by atoms with Crippen molar-refractivity contribution in [2.75, 3.05) is 19.8 Å². The van der Waals surface area contributed by atoms with Crippen LogP contribution < -0.4 is 0 Å². The van der Waals surface area contributed by atoms with Crippen LogP contribution in [0.1, 0.15) is 51.9 Å². The van der Waals surface area contributed by atoms with Gasteiger partial charge in [-0.15, -0.1) is 0 Å². The maximum atomic E-state index is 9.73. The molecule has 0 fully saturated rings. The summed E-state index contributed by atoms with van der Waals surface area (Å²) in [4.78, 5) is 13.2. The number of aliphatic imine (C=N–C) groups is 1. The summed E-state index contributed by atoms with van der Waals surface area (Å²) < 4.78 is 5.40. The summed E-state index contributed by atoms with van der Waals surface area (Å²) in [5, 5.41) is 0. The van der Waals surface area contributed by atoms with Crippen molar-refractivity contribution in [3.8, 4) is 0 Å². The van der Waals surface area contributed by atoms with Crippen LogP contribution in [0.25, 0.3) is 0 Å². The Bertz CT molecular complexity index is 165. The molecule has 0 saturated heterocycles. The number of ether oxygens (including phenoxy) is 1. The molecule has 88 valence electrons. The highest BCUT2D eigenvalue weighted by atomic mass is 16.5. The lowest BCUT2D eigenvalue weighted by atomic mass is 10.1. The third kappa shape index (κ3) is 13.3. The molecule has 0 bridgehead atoms. The van der Waals surface area contributed by atoms with Crippen LogP contribution in [0.5, 0.6) is 0 Å². The van der Waals surface area contributed by atoms with E-state index in [4.69, 9.17) is 4.74 Å². The normalized spacial score (nSPS) is 9.93. The standard InChI is InChI=1S/C12H23NO2/c1-2-3-4-5-6-7-10-15-11-8-9-13-12-14/h2-11H2,1H3. The zero-order valence-electron chi connectivity index (χ0n) is 9.83. The maximum absolute atomic E-state index is 9.73. The van der Waals surface area contributed by atoms with Crippen molar-refractivity contribution in [3.63, 3.8) is 0 Å². The van der Waals surface area contributed by atoms with Gasteiger partial charge in [0.05, 0.1) is 6.54 Å². The third-order valence-corrected chi connectivity index (χ3v) is 2.27. The predicted molar refractivity (Wildman–Crippen MR) is 61.8 cm³/mol. The van der Waals surface area contributed by atoms with E-state index in [0.29, 0.717) is 13.2 Å². The lowest BCUT2D eigenvalue weighted by molar-refractivity contribution is 0.129. The monoisotopic (exact) mass is 213 g/mol. The second-order valence-corrected chi connectivity index (χ2v) is 3.71. The molecule has 15 heavy (non-hydrogen) atoms. The number of nitrogens with zero attached hydrogens (tertiary/aromatic N) is 1. The van der Waals surface area contributed by atoms with Gasteiger partial charge < -0.3 is 4.74 Å². The molecule has 3 nitrogen and oxygen atoms in total. The smallest absolute Gasteiger partial charge is 0.234 e. The lowest BCUT2D eigenvalue weighted by Gasteiger charge is -2.02. The van der Waals surface area contributed by atoms with Gasteiger partial charge in [-0.2, -0.15) is 0 Å². The van der Waals surface area contributed by atoms with E-state index in [-0.39, 0.29) is 0 Å². The van der Waals surface area contributed by atoms with Gasteiger partial charge in [-0.3, -0.25) is 0 Å². The van der Waals surface area contributed by atoms with Gasteiger partial charge in [0.2, 0.25) is 6.08 Å². The van der Waals surface area contributed by atoms with Gasteiger partial charge in [0.15, 0.2) is 0 Å². The summed E-state index contributed by atoms with van der Waals surface area (Å²) >= 11 is 0. The van der Waals surface area contributed by atoms with Gasteiger partial charge >= 0.3 is 0 Å². The number of unbranched alkanes of at least 4 members (excludes halogenated alkanes) is 5. The van der Waals surface area contributed by atoms with Crippen molar-refractivity contribution in [1.82, 2.24) is 0 Å². The van der Waals surface area contributed by atoms with E-state index in [1.807, 2.05) is 0 Å². The number of carbonyl (C=O) groups excluding carboxylic acids is 1. The molecule has 0 amide bonds. The average Bonchev–Trinajstić information content (AvgIpc) is 2.26. The topological polar surface area (TPSA) is 38.7 Å². The molecule has 3 heteroatoms. The van der Waals surface area contributed by atoms with Crippen LogP contribution >= 0.6 is 0 Å². The largest absolute Gasteiger partial charge is 0.381 e. The molecule has 0 aromatic heterocycles. The Morgan fingerprint density at radius 2 is 1.67 bits per heavy atom.